The van der Waals surface area contributed by atoms with E-state index >= 15 is 0 Å². The monoisotopic (exact) mass is 1330 g/mol. The van der Waals surface area contributed by atoms with Gasteiger partial charge in [-0.05, 0) is 309 Å². The Balaban J connectivity index is 0.900. The fourth-order valence-corrected chi connectivity index (χ4v) is 20.4. The van der Waals surface area contributed by atoms with E-state index in [2.05, 4.69) is 312 Å². The second-order valence-corrected chi connectivity index (χ2v) is 31.0. The molecule has 0 fully saturated rings. The van der Waals surface area contributed by atoms with Gasteiger partial charge in [-0.25, -0.2) is 0 Å². The highest BCUT2D eigenvalue weighted by Gasteiger charge is 2.51. The first kappa shape index (κ1) is 61.5. The Morgan fingerprint density at radius 3 is 1.16 bits per heavy atom. The zero-order valence-corrected chi connectivity index (χ0v) is 61.2. The van der Waals surface area contributed by atoms with Crippen molar-refractivity contribution in [1.82, 2.24) is 0 Å². The van der Waals surface area contributed by atoms with Gasteiger partial charge in [0.15, 0.2) is 11.5 Å². The maximum absolute atomic E-state index is 7.87. The summed E-state index contributed by atoms with van der Waals surface area (Å²) >= 11 is 0. The summed E-state index contributed by atoms with van der Waals surface area (Å²) in [4.78, 5) is 7.77. The Morgan fingerprint density at radius 2 is 0.631 bits per heavy atom. The molecule has 496 valence electrons. The predicted molar refractivity (Wildman–Crippen MR) is 435 cm³/mol. The molecule has 7 nitrogen and oxygen atoms in total. The van der Waals surface area contributed by atoms with Crippen molar-refractivity contribution in [2.24, 2.45) is 0 Å². The van der Waals surface area contributed by atoms with Crippen molar-refractivity contribution in [2.45, 2.75) is 104 Å². The third kappa shape index (κ3) is 8.79. The summed E-state index contributed by atoms with van der Waals surface area (Å²) in [5.74, 6) is 5.15. The Bertz CT molecular complexity index is 5970. The zero-order chi connectivity index (χ0) is 70.3. The van der Waals surface area contributed by atoms with Crippen molar-refractivity contribution < 1.29 is 14.2 Å². The summed E-state index contributed by atoms with van der Waals surface area (Å²) in [6.07, 6.45) is 0. The van der Waals surface area contributed by atoms with E-state index in [4.69, 9.17) is 14.2 Å². The smallest absolute Gasteiger partial charge is 0.256 e. The number of ether oxygens (including phenoxy) is 3. The summed E-state index contributed by atoms with van der Waals surface area (Å²) in [6.45, 7) is 33.2. The SMILES string of the molecule is Cc1cc(C)c(-c2cc3c4c(c2)N2c5ccccc5Oc5cccc(c52)B4c2cc4c(cc2N3)Oc2cc(-c3c(C)cc(C)cc3C)cc3c2B4c2cc4c(cc2N3c2c(C)cc(C)cc2C)N(c2c(C)cc(C)cc2C)c2cc(-c3c(C)cc(C)cc3C)cc3c2B4c2ccccc2O3)c(C)c1. The minimum absolute atomic E-state index is 0.182. The van der Waals surface area contributed by atoms with Gasteiger partial charge in [0.25, 0.3) is 20.1 Å². The fourth-order valence-electron chi connectivity index (χ4n) is 20.4. The molecule has 0 amide bonds. The number of hydrogen-bond donors (Lipinski definition) is 1. The van der Waals surface area contributed by atoms with Crippen LogP contribution in [0.3, 0.4) is 0 Å². The van der Waals surface area contributed by atoms with Crippen LogP contribution < -0.4 is 83.4 Å². The molecule has 0 radical (unpaired) electrons. The third-order valence-corrected chi connectivity index (χ3v) is 23.5. The van der Waals surface area contributed by atoms with Crippen LogP contribution in [-0.2, 0) is 0 Å². The van der Waals surface area contributed by atoms with E-state index in [1.54, 1.807) is 0 Å². The van der Waals surface area contributed by atoms with Crippen LogP contribution in [-0.4, -0.2) is 20.1 Å². The first-order valence-corrected chi connectivity index (χ1v) is 36.5. The van der Waals surface area contributed by atoms with E-state index in [0.29, 0.717) is 0 Å². The summed E-state index contributed by atoms with van der Waals surface area (Å²) in [5, 5.41) is 4.20. The molecule has 20 rings (SSSR count). The van der Waals surface area contributed by atoms with E-state index in [-0.39, 0.29) is 20.1 Å². The fraction of sp³-hybridized carbons (Fsp3) is 0.161. The number of rotatable bonds is 5. The van der Waals surface area contributed by atoms with E-state index in [1.165, 1.54) is 150 Å². The molecule has 7 heterocycles. The maximum atomic E-state index is 7.87. The van der Waals surface area contributed by atoms with Crippen LogP contribution in [0.4, 0.5) is 62.6 Å². The molecule has 10 heteroatoms. The molecule has 0 aliphatic carbocycles. The molecule has 0 spiro atoms. The number of nitrogens with one attached hydrogen (secondary N) is 1. The van der Waals surface area contributed by atoms with E-state index in [9.17, 15) is 0 Å². The molecule has 0 aromatic heterocycles. The van der Waals surface area contributed by atoms with Gasteiger partial charge in [-0.2, -0.15) is 0 Å². The highest BCUT2D eigenvalue weighted by Crippen LogP contribution is 2.55. The van der Waals surface area contributed by atoms with Crippen molar-refractivity contribution in [2.75, 3.05) is 20.0 Å². The quantitative estimate of drug-likeness (QED) is 0.172. The lowest BCUT2D eigenvalue weighted by Crippen LogP contribution is -2.65. The lowest BCUT2D eigenvalue weighted by atomic mass is 9.29. The summed E-state index contributed by atoms with van der Waals surface area (Å²) in [7, 11) is 0. The lowest BCUT2D eigenvalue weighted by molar-refractivity contribution is 0.477. The highest BCUT2D eigenvalue weighted by atomic mass is 16.5. The number of para-hydroxylation sites is 4. The van der Waals surface area contributed by atoms with E-state index in [0.717, 1.165) is 113 Å². The molecule has 7 aliphatic heterocycles. The molecule has 0 saturated heterocycles. The van der Waals surface area contributed by atoms with Gasteiger partial charge in [0.05, 0.1) is 22.7 Å². The van der Waals surface area contributed by atoms with Gasteiger partial charge < -0.3 is 34.2 Å². The average molecular weight is 1330 g/mol. The molecule has 0 bridgehead atoms. The zero-order valence-electron chi connectivity index (χ0n) is 61.2. The number of hydrogen-bond acceptors (Lipinski definition) is 7. The van der Waals surface area contributed by atoms with Gasteiger partial charge >= 0.3 is 0 Å². The Kier molecular flexibility index (Phi) is 13.0. The molecule has 1 N–H and O–H groups in total. The van der Waals surface area contributed by atoms with Crippen molar-refractivity contribution in [3.63, 3.8) is 0 Å². The van der Waals surface area contributed by atoms with Crippen LogP contribution >= 0.6 is 0 Å². The van der Waals surface area contributed by atoms with Crippen molar-refractivity contribution >= 4 is 132 Å². The van der Waals surface area contributed by atoms with Gasteiger partial charge in [0.1, 0.15) is 23.0 Å². The molecular formula is C93H77B3N4O3. The Hall–Kier alpha value is -11.3. The normalized spacial score (nSPS) is 13.8. The summed E-state index contributed by atoms with van der Waals surface area (Å²) < 4.78 is 22.3. The first-order chi connectivity index (χ1) is 49.7. The largest absolute Gasteiger partial charge is 0.458 e. The van der Waals surface area contributed by atoms with Gasteiger partial charge in [-0.15, -0.1) is 0 Å². The Morgan fingerprint density at radius 1 is 0.243 bits per heavy atom. The van der Waals surface area contributed by atoms with E-state index in [1.807, 2.05) is 0 Å². The van der Waals surface area contributed by atoms with Gasteiger partial charge in [-0.1, -0.05) is 143 Å². The lowest BCUT2D eigenvalue weighted by Gasteiger charge is -2.46. The topological polar surface area (TPSA) is 49.4 Å². The maximum Gasteiger partial charge on any atom is 0.256 e. The second kappa shape index (κ2) is 21.8. The number of aryl methyl sites for hydroxylation is 15. The van der Waals surface area contributed by atoms with Gasteiger partial charge in [-0.3, -0.25) is 0 Å². The summed E-state index contributed by atoms with van der Waals surface area (Å²) in [5.41, 5.74) is 48.6. The molecule has 0 unspecified atom stereocenters. The van der Waals surface area contributed by atoms with Crippen molar-refractivity contribution in [1.29, 1.82) is 0 Å². The molecule has 0 atom stereocenters. The first-order valence-electron chi connectivity index (χ1n) is 36.5. The minimum atomic E-state index is -0.297. The van der Waals surface area contributed by atoms with Crippen LogP contribution in [0.1, 0.15) is 83.5 Å². The summed E-state index contributed by atoms with van der Waals surface area (Å²) in [6, 6.07) is 72.2. The second-order valence-electron chi connectivity index (χ2n) is 31.0. The molecule has 13 aromatic rings. The number of fused-ring (bicyclic) bond motifs is 14. The molecule has 0 saturated carbocycles. The van der Waals surface area contributed by atoms with Crippen LogP contribution in [0.25, 0.3) is 33.4 Å². The highest BCUT2D eigenvalue weighted by molar-refractivity contribution is 7.04. The molecule has 103 heavy (non-hydrogen) atoms. The van der Waals surface area contributed by atoms with Gasteiger partial charge in [0, 0.05) is 45.9 Å². The molecule has 7 aliphatic rings. The number of nitrogens with zero attached hydrogens (tertiary/aromatic N) is 3. The minimum Gasteiger partial charge on any atom is -0.458 e. The van der Waals surface area contributed by atoms with E-state index < -0.39 is 0 Å². The van der Waals surface area contributed by atoms with Crippen molar-refractivity contribution in [3.05, 3.63) is 272 Å². The number of anilines is 11. The average Bonchev–Trinajstić information content (AvgIpc) is 0.675. The third-order valence-electron chi connectivity index (χ3n) is 23.5. The Labute approximate surface area is 605 Å². The van der Waals surface area contributed by atoms with Crippen LogP contribution in [0.5, 0.6) is 34.5 Å². The number of benzene rings is 13. The van der Waals surface area contributed by atoms with Crippen LogP contribution in [0, 0.1) is 104 Å². The molecule has 13 aromatic carbocycles. The molecular weight excluding hydrogens is 1250 g/mol. The van der Waals surface area contributed by atoms with Crippen LogP contribution in [0.2, 0.25) is 0 Å². The van der Waals surface area contributed by atoms with Gasteiger partial charge in [0.2, 0.25) is 0 Å². The van der Waals surface area contributed by atoms with Crippen molar-refractivity contribution in [3.8, 4) is 67.9 Å². The van der Waals surface area contributed by atoms with Crippen LogP contribution in [0.15, 0.2) is 188 Å². The predicted octanol–water partition coefficient (Wildman–Crippen LogP) is 18.6. The standard InChI is InChI=1S/C93H77B3N4O3/c1-47-27-52(6)85(53(7)28-47)62-37-72-88-76(38-62)98-73-23-17-19-25-80(73)102-81-26-20-22-66(93(81)98)95(88)67-43-70-82(45-71(67)97-72)103-84-42-64(87-56(10)31-49(3)32-57(87)11)40-78-90(84)96(70)69-44-68-74(46-75(69)100(78)92-60(14)35-51(5)36-61(92)15)99(91-58(12)33-50(4)34-59(91)13)77-39-63(86-54(8)29-48(2)30-55(86)9)41-83-89(77)94(68)65-21-16-18-24-79(65)101-83/h16-46,97H,1-15H3.